The van der Waals surface area contributed by atoms with Crippen molar-refractivity contribution in [2.45, 2.75) is 31.9 Å². The molecule has 2 aromatic carbocycles. The van der Waals surface area contributed by atoms with Crippen molar-refractivity contribution in [1.82, 2.24) is 0 Å². The fourth-order valence-corrected chi connectivity index (χ4v) is 2.24. The van der Waals surface area contributed by atoms with Crippen LogP contribution in [0.1, 0.15) is 31.9 Å². The smallest absolute Gasteiger partial charge is 0.177 e. The first-order valence-electron chi connectivity index (χ1n) is 8.00. The van der Waals surface area contributed by atoms with Gasteiger partial charge in [0.05, 0.1) is 12.6 Å². The molecule has 120 valence electrons. The van der Waals surface area contributed by atoms with Gasteiger partial charge < -0.3 is 10.0 Å². The van der Waals surface area contributed by atoms with Crippen molar-refractivity contribution in [2.75, 3.05) is 13.6 Å². The van der Waals surface area contributed by atoms with E-state index in [0.717, 1.165) is 11.1 Å². The van der Waals surface area contributed by atoms with Crippen LogP contribution >= 0.6 is 0 Å². The van der Waals surface area contributed by atoms with E-state index in [-0.39, 0.29) is 5.54 Å². The molecule has 2 aromatic rings. The summed E-state index contributed by atoms with van der Waals surface area (Å²) in [5.41, 5.74) is 0.451. The third-order valence-electron chi connectivity index (χ3n) is 4.29. The highest BCUT2D eigenvalue weighted by atomic mass is 16.3. The van der Waals surface area contributed by atoms with Gasteiger partial charge in [0.2, 0.25) is 0 Å². The molecular weight excluding hydrogens is 282 g/mol. The summed E-state index contributed by atoms with van der Waals surface area (Å²) in [6, 6.07) is 19.3. The van der Waals surface area contributed by atoms with E-state index in [0.29, 0.717) is 6.54 Å². The number of rotatable bonds is 3. The molecule has 0 radical (unpaired) electrons. The van der Waals surface area contributed by atoms with Gasteiger partial charge in [0.25, 0.3) is 0 Å². The van der Waals surface area contributed by atoms with Crippen molar-refractivity contribution in [3.8, 4) is 11.8 Å². The lowest BCUT2D eigenvalue weighted by atomic mass is 9.87. The van der Waals surface area contributed by atoms with Crippen LogP contribution in [0.2, 0.25) is 0 Å². The van der Waals surface area contributed by atoms with Crippen LogP contribution in [-0.2, 0) is 5.60 Å². The lowest BCUT2D eigenvalue weighted by Gasteiger charge is -2.27. The molecule has 23 heavy (non-hydrogen) atoms. The average molecular weight is 308 g/mol. The Hall–Kier alpha value is -2.08. The van der Waals surface area contributed by atoms with Gasteiger partial charge in [0.15, 0.2) is 5.60 Å². The standard InChI is InChI=1S/C21H25NO/c1-20(2,3)22(4)17-11-16-21(23,18-12-7-5-8-13-18)19-14-9-6-10-15-19/h5-10,12-15,23H,17H2,1-4H3/p+1. The predicted molar refractivity (Wildman–Crippen MR) is 95.2 cm³/mol. The van der Waals surface area contributed by atoms with Crippen LogP contribution in [-0.4, -0.2) is 24.2 Å². The highest BCUT2D eigenvalue weighted by Gasteiger charge is 2.29. The van der Waals surface area contributed by atoms with Crippen molar-refractivity contribution < 1.29 is 10.0 Å². The van der Waals surface area contributed by atoms with Gasteiger partial charge in [-0.15, -0.1) is 0 Å². The minimum Gasteiger partial charge on any atom is -0.369 e. The molecule has 0 fully saturated rings. The summed E-state index contributed by atoms with van der Waals surface area (Å²) in [7, 11) is 2.12. The second-order valence-corrected chi connectivity index (χ2v) is 6.95. The topological polar surface area (TPSA) is 24.7 Å². The Morgan fingerprint density at radius 1 is 0.870 bits per heavy atom. The Kier molecular flexibility index (Phi) is 5.26. The maximum atomic E-state index is 11.3. The summed E-state index contributed by atoms with van der Waals surface area (Å²) < 4.78 is 0. The van der Waals surface area contributed by atoms with E-state index in [2.05, 4.69) is 39.7 Å². The van der Waals surface area contributed by atoms with E-state index in [1.807, 2.05) is 60.7 Å². The molecule has 0 spiro atoms. The number of aliphatic hydroxyl groups is 1. The fraction of sp³-hybridized carbons (Fsp3) is 0.333. The molecule has 0 aliphatic carbocycles. The van der Waals surface area contributed by atoms with Gasteiger partial charge in [0.1, 0.15) is 6.54 Å². The van der Waals surface area contributed by atoms with Crippen LogP contribution in [0.25, 0.3) is 0 Å². The Labute approximate surface area is 139 Å². The molecule has 2 nitrogen and oxygen atoms in total. The largest absolute Gasteiger partial charge is 0.369 e. The molecule has 2 heteroatoms. The molecule has 0 aliphatic rings. The third kappa shape index (κ3) is 4.22. The van der Waals surface area contributed by atoms with Crippen LogP contribution < -0.4 is 4.90 Å². The Balaban J connectivity index is 2.37. The monoisotopic (exact) mass is 308 g/mol. The van der Waals surface area contributed by atoms with Crippen LogP contribution in [0.3, 0.4) is 0 Å². The summed E-state index contributed by atoms with van der Waals surface area (Å²) in [6.07, 6.45) is 0. The quantitative estimate of drug-likeness (QED) is 0.835. The van der Waals surface area contributed by atoms with Gasteiger partial charge in [0, 0.05) is 11.1 Å². The molecular formula is C21H26NO+. The highest BCUT2D eigenvalue weighted by Crippen LogP contribution is 2.28. The Bertz CT molecular complexity index is 635. The molecule has 0 aromatic heterocycles. The first-order valence-corrected chi connectivity index (χ1v) is 8.00. The molecule has 2 rings (SSSR count). The minimum absolute atomic E-state index is 0.131. The molecule has 0 aliphatic heterocycles. The van der Waals surface area contributed by atoms with Gasteiger partial charge in [-0.3, -0.25) is 0 Å². The lowest BCUT2D eigenvalue weighted by molar-refractivity contribution is -0.920. The zero-order valence-electron chi connectivity index (χ0n) is 14.4. The summed E-state index contributed by atoms with van der Waals surface area (Å²) >= 11 is 0. The van der Waals surface area contributed by atoms with Crippen LogP contribution in [0.5, 0.6) is 0 Å². The first-order chi connectivity index (χ1) is 10.8. The molecule has 0 heterocycles. The summed E-state index contributed by atoms with van der Waals surface area (Å²) in [4.78, 5) is 1.31. The van der Waals surface area contributed by atoms with E-state index in [1.54, 1.807) is 0 Å². The van der Waals surface area contributed by atoms with Crippen molar-refractivity contribution in [2.24, 2.45) is 0 Å². The van der Waals surface area contributed by atoms with E-state index in [9.17, 15) is 5.11 Å². The molecule has 0 amide bonds. The van der Waals surface area contributed by atoms with Crippen LogP contribution in [0, 0.1) is 11.8 Å². The Morgan fingerprint density at radius 3 is 1.70 bits per heavy atom. The SMILES string of the molecule is C[NH+](CC#CC(O)(c1ccccc1)c1ccccc1)C(C)(C)C. The highest BCUT2D eigenvalue weighted by molar-refractivity contribution is 5.44. The number of hydrogen-bond donors (Lipinski definition) is 2. The number of hydrogen-bond acceptors (Lipinski definition) is 1. The average Bonchev–Trinajstić information content (AvgIpc) is 2.55. The van der Waals surface area contributed by atoms with E-state index >= 15 is 0 Å². The minimum atomic E-state index is -1.28. The van der Waals surface area contributed by atoms with Gasteiger partial charge in [-0.25, -0.2) is 0 Å². The molecule has 1 atom stereocenters. The second-order valence-electron chi connectivity index (χ2n) is 6.95. The van der Waals surface area contributed by atoms with Gasteiger partial charge in [-0.2, -0.15) is 0 Å². The van der Waals surface area contributed by atoms with Gasteiger partial charge in [-0.1, -0.05) is 66.6 Å². The second kappa shape index (κ2) is 7.00. The van der Waals surface area contributed by atoms with E-state index in [1.165, 1.54) is 4.90 Å². The maximum absolute atomic E-state index is 11.3. The van der Waals surface area contributed by atoms with Crippen molar-refractivity contribution in [3.63, 3.8) is 0 Å². The zero-order valence-corrected chi connectivity index (χ0v) is 14.4. The van der Waals surface area contributed by atoms with Crippen molar-refractivity contribution in [1.29, 1.82) is 0 Å². The Morgan fingerprint density at radius 2 is 1.30 bits per heavy atom. The van der Waals surface area contributed by atoms with Gasteiger partial charge >= 0.3 is 0 Å². The lowest BCUT2D eigenvalue weighted by Crippen LogP contribution is -3.16. The van der Waals surface area contributed by atoms with Gasteiger partial charge in [-0.05, 0) is 26.7 Å². The fourth-order valence-electron chi connectivity index (χ4n) is 2.24. The van der Waals surface area contributed by atoms with Crippen molar-refractivity contribution in [3.05, 3.63) is 71.8 Å². The molecule has 0 saturated carbocycles. The summed E-state index contributed by atoms with van der Waals surface area (Å²) in [5.74, 6) is 6.31. The van der Waals surface area contributed by atoms with Crippen LogP contribution in [0.15, 0.2) is 60.7 Å². The molecule has 0 saturated heterocycles. The van der Waals surface area contributed by atoms with E-state index < -0.39 is 5.60 Å². The summed E-state index contributed by atoms with van der Waals surface area (Å²) in [5, 5.41) is 11.3. The predicted octanol–water partition coefficient (Wildman–Crippen LogP) is 2.24. The number of quaternary nitrogens is 1. The van der Waals surface area contributed by atoms with Crippen LogP contribution in [0.4, 0.5) is 0 Å². The zero-order chi connectivity index (χ0) is 16.9. The van der Waals surface area contributed by atoms with Crippen molar-refractivity contribution >= 4 is 0 Å². The summed E-state index contributed by atoms with van der Waals surface area (Å²) in [6.45, 7) is 7.24. The molecule has 2 N–H and O–H groups in total. The first kappa shape index (κ1) is 17.3. The molecule has 0 bridgehead atoms. The number of benzene rings is 2. The third-order valence-corrected chi connectivity index (χ3v) is 4.29. The normalized spacial score (nSPS) is 13.1. The maximum Gasteiger partial charge on any atom is 0.177 e. The molecule has 1 unspecified atom stereocenters. The van der Waals surface area contributed by atoms with E-state index in [4.69, 9.17) is 0 Å². The number of nitrogens with one attached hydrogen (secondary N) is 1.